The summed E-state index contributed by atoms with van der Waals surface area (Å²) in [4.78, 5) is 26.5. The maximum Gasteiger partial charge on any atom is 0.416 e. The molecule has 4 unspecified atom stereocenters. The van der Waals surface area contributed by atoms with E-state index in [0.29, 0.717) is 18.6 Å². The van der Waals surface area contributed by atoms with Gasteiger partial charge >= 0.3 is 24.4 Å². The van der Waals surface area contributed by atoms with Gasteiger partial charge in [0, 0.05) is 11.4 Å². The molecule has 2 fully saturated rings. The second-order valence-electron chi connectivity index (χ2n) is 14.8. The molecule has 2 aromatic carbocycles. The molecule has 0 bridgehead atoms. The summed E-state index contributed by atoms with van der Waals surface area (Å²) < 4.78 is 127. The first-order valence-corrected chi connectivity index (χ1v) is 21.4. The van der Waals surface area contributed by atoms with Gasteiger partial charge in [-0.1, -0.05) is 64.0 Å². The molecule has 2 heterocycles. The van der Waals surface area contributed by atoms with Crippen molar-refractivity contribution >= 4 is 33.5 Å². The molecule has 61 heavy (non-hydrogen) atoms. The number of hydrogen-bond donors (Lipinski definition) is 9. The molecule has 0 aliphatic carbocycles. The number of alkyl halides is 6. The highest BCUT2D eigenvalue weighted by molar-refractivity contribution is 7.89. The Bertz CT molecular complexity index is 1830. The second kappa shape index (κ2) is 22.5. The number of anilines is 2. The summed E-state index contributed by atoms with van der Waals surface area (Å²) in [6.07, 6.45) is -13.2. The minimum atomic E-state index is -4.76. The lowest BCUT2D eigenvalue weighted by Crippen LogP contribution is -2.70. The molecule has 0 spiro atoms. The summed E-state index contributed by atoms with van der Waals surface area (Å²) in [7, 11) is -4.22. The van der Waals surface area contributed by atoms with E-state index in [0.717, 1.165) is 68.9 Å². The summed E-state index contributed by atoms with van der Waals surface area (Å²) in [5.74, 6) is -0.380. The predicted octanol–water partition coefficient (Wildman–Crippen LogP) is 4.05. The number of aliphatic hydroxyl groups excluding tert-OH is 4. The molecule has 2 aliphatic heterocycles. The van der Waals surface area contributed by atoms with Gasteiger partial charge in [0.05, 0.1) is 54.9 Å². The Morgan fingerprint density at radius 1 is 0.754 bits per heavy atom. The monoisotopic (exact) mass is 901 g/mol. The molecule has 9 N–H and O–H groups in total. The zero-order chi connectivity index (χ0) is 45.0. The molecule has 9 atom stereocenters. The third-order valence-corrected chi connectivity index (χ3v) is 11.5. The SMILES string of the molecule is CCCCCCCCCCS(=O)(=O)N[C@H]1C(CO)OCC(NC(=O)Nc2cccc(C(F)(F)F)c2)[C@H]1O[C@@H]1OC(CO)[C@H](O)[C@H](O)C1NC(=O)Nc1cccc(C(F)(F)F)c1. The standard InChI is InChI=1S/C38H53F6N5O11S/c1-2-3-4-5-6-7-8-9-16-61(56,57)49-29-27(19-50)58-21-26(47-35(54)45-24-14-10-12-22(17-24)37(39,40)41)33(29)60-34-30(32(53)31(52)28(20-51)59-34)48-36(55)46-25-15-11-13-23(18-25)38(42,43)44/h10-15,17-18,26-34,49-53H,2-9,16,19-21H2,1H3,(H2,45,47,54)(H2,46,48,55)/t26?,27?,28?,29-,30?,31-,32+,33+,34-/m0/s1. The average molecular weight is 902 g/mol. The molecule has 4 rings (SSSR count). The van der Waals surface area contributed by atoms with Crippen molar-refractivity contribution in [1.82, 2.24) is 15.4 Å². The number of nitrogens with one attached hydrogen (secondary N) is 5. The molecule has 2 saturated heterocycles. The number of urea groups is 2. The maximum atomic E-state index is 13.5. The second-order valence-corrected chi connectivity index (χ2v) is 16.7. The number of rotatable bonds is 19. The van der Waals surface area contributed by atoms with E-state index >= 15 is 0 Å². The van der Waals surface area contributed by atoms with E-state index in [9.17, 15) is 64.8 Å². The summed E-state index contributed by atoms with van der Waals surface area (Å²) in [5, 5.41) is 51.3. The van der Waals surface area contributed by atoms with Gasteiger partial charge in [-0.05, 0) is 42.8 Å². The first-order valence-electron chi connectivity index (χ1n) is 19.8. The molecule has 344 valence electrons. The quantitative estimate of drug-likeness (QED) is 0.0721. The smallest absolute Gasteiger partial charge is 0.394 e. The number of carbonyl (C=O) groups is 2. The van der Waals surface area contributed by atoms with Crippen LogP contribution in [-0.2, 0) is 36.6 Å². The van der Waals surface area contributed by atoms with E-state index < -0.39 is 120 Å². The number of sulfonamides is 1. The lowest BCUT2D eigenvalue weighted by Gasteiger charge is -2.47. The number of carbonyl (C=O) groups excluding carboxylic acids is 2. The van der Waals surface area contributed by atoms with Gasteiger partial charge < -0.3 is 55.9 Å². The molecule has 16 nitrogen and oxygen atoms in total. The maximum absolute atomic E-state index is 13.5. The molecule has 0 saturated carbocycles. The van der Waals surface area contributed by atoms with Crippen LogP contribution < -0.4 is 26.0 Å². The summed E-state index contributed by atoms with van der Waals surface area (Å²) in [6.45, 7) is -0.174. The van der Waals surface area contributed by atoms with Crippen molar-refractivity contribution in [3.05, 3.63) is 59.7 Å². The first kappa shape index (κ1) is 49.8. The van der Waals surface area contributed by atoms with E-state index in [1.165, 1.54) is 6.07 Å². The largest absolute Gasteiger partial charge is 0.416 e. The topological polar surface area (TPSA) is 237 Å². The van der Waals surface area contributed by atoms with Crippen LogP contribution in [0.25, 0.3) is 0 Å². The van der Waals surface area contributed by atoms with Gasteiger partial charge in [0.15, 0.2) is 6.29 Å². The van der Waals surface area contributed by atoms with E-state index in [2.05, 4.69) is 32.9 Å². The van der Waals surface area contributed by atoms with Gasteiger partial charge in [-0.25, -0.2) is 22.7 Å². The van der Waals surface area contributed by atoms with Crippen molar-refractivity contribution in [3.63, 3.8) is 0 Å². The lowest BCUT2D eigenvalue weighted by molar-refractivity contribution is -0.293. The molecule has 2 aliphatic rings. The van der Waals surface area contributed by atoms with Crippen LogP contribution in [0, 0.1) is 0 Å². The fourth-order valence-corrected chi connectivity index (χ4v) is 8.30. The summed E-state index contributed by atoms with van der Waals surface area (Å²) >= 11 is 0. The fraction of sp³-hybridized carbons (Fsp3) is 0.632. The van der Waals surface area contributed by atoms with Gasteiger partial charge in [0.2, 0.25) is 10.0 Å². The average Bonchev–Trinajstić information content (AvgIpc) is 3.19. The number of hydrogen-bond acceptors (Lipinski definition) is 11. The van der Waals surface area contributed by atoms with Gasteiger partial charge in [0.1, 0.15) is 30.5 Å². The Balaban J connectivity index is 1.62. The Labute approximate surface area is 348 Å². The van der Waals surface area contributed by atoms with Crippen LogP contribution in [0.1, 0.15) is 69.4 Å². The Hall–Kier alpha value is -3.81. The van der Waals surface area contributed by atoms with E-state index in [-0.39, 0.29) is 23.5 Å². The number of aliphatic hydroxyl groups is 4. The Morgan fingerprint density at radius 3 is 1.80 bits per heavy atom. The van der Waals surface area contributed by atoms with Crippen LogP contribution in [0.15, 0.2) is 48.5 Å². The van der Waals surface area contributed by atoms with E-state index in [1.807, 2.05) is 0 Å². The Morgan fingerprint density at radius 2 is 1.28 bits per heavy atom. The molecule has 4 amide bonds. The van der Waals surface area contributed by atoms with E-state index in [4.69, 9.17) is 14.2 Å². The molecule has 0 radical (unpaired) electrons. The minimum absolute atomic E-state index is 0.244. The van der Waals surface area contributed by atoms with Crippen molar-refractivity contribution in [2.75, 3.05) is 36.2 Å². The number of unbranched alkanes of at least 4 members (excludes halogenated alkanes) is 7. The van der Waals surface area contributed by atoms with Gasteiger partial charge in [-0.15, -0.1) is 0 Å². The molecular formula is C38H53F6N5O11S. The van der Waals surface area contributed by atoms with Crippen molar-refractivity contribution in [3.8, 4) is 0 Å². The molecule has 2 aromatic rings. The van der Waals surface area contributed by atoms with Gasteiger partial charge in [-0.2, -0.15) is 26.3 Å². The molecule has 23 heteroatoms. The Kier molecular flexibility index (Phi) is 18.4. The van der Waals surface area contributed by atoms with Crippen LogP contribution in [0.4, 0.5) is 47.3 Å². The van der Waals surface area contributed by atoms with Crippen LogP contribution in [0.5, 0.6) is 0 Å². The first-order chi connectivity index (χ1) is 28.8. The fourth-order valence-electron chi connectivity index (χ4n) is 6.90. The number of halogens is 6. The van der Waals surface area contributed by atoms with Gasteiger partial charge in [-0.3, -0.25) is 0 Å². The summed E-state index contributed by atoms with van der Waals surface area (Å²) in [5.41, 5.74) is -2.79. The third-order valence-electron chi connectivity index (χ3n) is 10.1. The van der Waals surface area contributed by atoms with Crippen LogP contribution in [-0.4, -0.2) is 121 Å². The van der Waals surface area contributed by atoms with Crippen LogP contribution >= 0.6 is 0 Å². The van der Waals surface area contributed by atoms with Crippen molar-refractivity contribution in [2.24, 2.45) is 0 Å². The third kappa shape index (κ3) is 14.9. The highest BCUT2D eigenvalue weighted by Crippen LogP contribution is 2.33. The zero-order valence-corrected chi connectivity index (χ0v) is 33.9. The highest BCUT2D eigenvalue weighted by Gasteiger charge is 2.51. The van der Waals surface area contributed by atoms with Crippen LogP contribution in [0.3, 0.4) is 0 Å². The number of amides is 4. The predicted molar refractivity (Wildman–Crippen MR) is 208 cm³/mol. The molecular weight excluding hydrogens is 848 g/mol. The number of ether oxygens (including phenoxy) is 3. The van der Waals surface area contributed by atoms with Gasteiger partial charge in [0.25, 0.3) is 0 Å². The summed E-state index contributed by atoms with van der Waals surface area (Å²) in [6, 6.07) is 0.0365. The zero-order valence-electron chi connectivity index (χ0n) is 33.1. The normalized spacial score (nSPS) is 26.0. The minimum Gasteiger partial charge on any atom is -0.394 e. The molecule has 0 aromatic heterocycles. The van der Waals surface area contributed by atoms with Crippen molar-refractivity contribution in [2.45, 2.75) is 126 Å². The number of benzene rings is 2. The van der Waals surface area contributed by atoms with E-state index in [1.54, 1.807) is 0 Å². The lowest BCUT2D eigenvalue weighted by atomic mass is 9.94. The van der Waals surface area contributed by atoms with Crippen molar-refractivity contribution < 1.29 is 79.0 Å². The van der Waals surface area contributed by atoms with Crippen LogP contribution in [0.2, 0.25) is 0 Å². The van der Waals surface area contributed by atoms with Crippen molar-refractivity contribution in [1.29, 1.82) is 0 Å². The highest BCUT2D eigenvalue weighted by atomic mass is 32.2.